The number of nitrogens with zero attached hydrogens (tertiary/aromatic N) is 3. The number of fused-ring (bicyclic) bond motifs is 4. The van der Waals surface area contributed by atoms with Gasteiger partial charge in [0.15, 0.2) is 9.75 Å². The molecule has 5 aliphatic rings. The van der Waals surface area contributed by atoms with Crippen molar-refractivity contribution in [1.29, 1.82) is 0 Å². The van der Waals surface area contributed by atoms with Gasteiger partial charge in [-0.05, 0) is 61.3 Å². The Morgan fingerprint density at radius 1 is 0.956 bits per heavy atom. The Morgan fingerprint density at radius 3 is 2.33 bits per heavy atom. The SMILES string of the molecule is Cc1cc([C@H]2C3=CC[C@@H]4C(=O)N(C5CCN(Cc6ccccc6)CC5)C(=O)[C@@H]4[C@@H]3C[C@@]3(Cl)C(=O)N(CBr)C(=O)[C@@]23Cl)ccc1O. The van der Waals surface area contributed by atoms with Gasteiger partial charge in [0.25, 0.3) is 11.8 Å². The summed E-state index contributed by atoms with van der Waals surface area (Å²) >= 11 is 17.9. The molecule has 2 aromatic carbocycles. The van der Waals surface area contributed by atoms with Gasteiger partial charge in [0, 0.05) is 31.6 Å². The largest absolute Gasteiger partial charge is 0.508 e. The standard InChI is InChI=1S/C34H34BrCl2N3O5/c1-19-15-21(7-10-26(19)41)28-23-8-9-24-27(25(23)16-33(36)31(44)39(18-35)32(45)34(28,33)37)30(43)40(29(24)42)22-11-13-38(14-12-22)17-20-5-3-2-4-6-20/h2-8,10,15,22,24-25,27-28,41H,9,11-14,16-18H2,1H3/t24-,25+,27-,28-,33+,34-/m0/s1. The summed E-state index contributed by atoms with van der Waals surface area (Å²) < 4.78 is 0. The number of benzene rings is 2. The molecule has 0 spiro atoms. The summed E-state index contributed by atoms with van der Waals surface area (Å²) in [5.74, 6) is -4.16. The lowest BCUT2D eigenvalue weighted by Gasteiger charge is -2.50. The van der Waals surface area contributed by atoms with Gasteiger partial charge < -0.3 is 5.11 Å². The Labute approximate surface area is 280 Å². The molecular formula is C34H34BrCl2N3O5. The van der Waals surface area contributed by atoms with Crippen LogP contribution >= 0.6 is 39.1 Å². The summed E-state index contributed by atoms with van der Waals surface area (Å²) in [6.07, 6.45) is 3.65. The van der Waals surface area contributed by atoms with Gasteiger partial charge >= 0.3 is 0 Å². The minimum absolute atomic E-state index is 0.0327. The fourth-order valence-electron chi connectivity index (χ4n) is 8.55. The van der Waals surface area contributed by atoms with Crippen molar-refractivity contribution >= 4 is 62.8 Å². The van der Waals surface area contributed by atoms with Crippen LogP contribution in [0.5, 0.6) is 5.75 Å². The molecule has 1 N–H and O–H groups in total. The highest BCUT2D eigenvalue weighted by atomic mass is 79.9. The van der Waals surface area contributed by atoms with Crippen LogP contribution in [-0.4, -0.2) is 77.8 Å². The number of carbonyl (C=O) groups is 4. The smallest absolute Gasteiger partial charge is 0.254 e. The molecule has 236 valence electrons. The van der Waals surface area contributed by atoms with Crippen LogP contribution in [0, 0.1) is 24.7 Å². The van der Waals surface area contributed by atoms with Crippen molar-refractivity contribution in [2.45, 2.75) is 60.9 Å². The van der Waals surface area contributed by atoms with E-state index < -0.39 is 45.2 Å². The number of imide groups is 2. The fourth-order valence-corrected chi connectivity index (χ4v) is 9.97. The number of rotatable bonds is 5. The maximum Gasteiger partial charge on any atom is 0.254 e. The van der Waals surface area contributed by atoms with Crippen LogP contribution in [0.1, 0.15) is 48.3 Å². The van der Waals surface area contributed by atoms with Crippen LogP contribution in [0.3, 0.4) is 0 Å². The first-order valence-corrected chi connectivity index (χ1v) is 17.3. The lowest BCUT2D eigenvalue weighted by atomic mass is 9.56. The fraction of sp³-hybridized carbons (Fsp3) is 0.471. The van der Waals surface area contributed by atoms with Gasteiger partial charge in [-0.3, -0.25) is 33.9 Å². The molecule has 3 heterocycles. The average molecular weight is 715 g/mol. The molecule has 1 saturated carbocycles. The summed E-state index contributed by atoms with van der Waals surface area (Å²) in [6.45, 7) is 4.12. The normalized spacial score (nSPS) is 33.7. The predicted molar refractivity (Wildman–Crippen MR) is 173 cm³/mol. The Balaban J connectivity index is 1.21. The summed E-state index contributed by atoms with van der Waals surface area (Å²) in [6, 6.07) is 15.0. The Hall–Kier alpha value is -2.72. The molecule has 0 bridgehead atoms. The van der Waals surface area contributed by atoms with Crippen molar-refractivity contribution in [2.75, 3.05) is 18.5 Å². The number of amides is 4. The van der Waals surface area contributed by atoms with Crippen LogP contribution in [-0.2, 0) is 25.7 Å². The number of phenolic OH excluding ortho intramolecular Hbond substituents is 1. The van der Waals surface area contributed by atoms with Gasteiger partial charge in [0.1, 0.15) is 5.75 Å². The van der Waals surface area contributed by atoms with E-state index in [1.54, 1.807) is 19.1 Å². The predicted octanol–water partition coefficient (Wildman–Crippen LogP) is 5.08. The van der Waals surface area contributed by atoms with Crippen molar-refractivity contribution in [3.8, 4) is 5.75 Å². The maximum atomic E-state index is 14.3. The second kappa shape index (κ2) is 11.2. The van der Waals surface area contributed by atoms with Crippen LogP contribution in [0.25, 0.3) is 0 Å². The lowest BCUT2D eigenvalue weighted by Crippen LogP contribution is -2.60. The third-order valence-corrected chi connectivity index (χ3v) is 12.7. The van der Waals surface area contributed by atoms with E-state index >= 15 is 0 Å². The van der Waals surface area contributed by atoms with Crippen molar-refractivity contribution < 1.29 is 24.3 Å². The number of likely N-dealkylation sites (tertiary alicyclic amines) is 3. The molecule has 0 unspecified atom stereocenters. The summed E-state index contributed by atoms with van der Waals surface area (Å²) in [5, 5.41) is 10.3. The van der Waals surface area contributed by atoms with E-state index in [0.717, 1.165) is 30.1 Å². The molecule has 7 rings (SSSR count). The average Bonchev–Trinajstić information content (AvgIpc) is 3.37. The van der Waals surface area contributed by atoms with Crippen LogP contribution in [0.4, 0.5) is 0 Å². The number of aromatic hydroxyl groups is 1. The summed E-state index contributed by atoms with van der Waals surface area (Å²) in [4.78, 5) is 57.2. The molecule has 4 amide bonds. The van der Waals surface area contributed by atoms with Crippen LogP contribution < -0.4 is 0 Å². The first-order chi connectivity index (χ1) is 21.5. The number of halogens is 3. The van der Waals surface area contributed by atoms with Gasteiger partial charge in [-0.15, -0.1) is 23.2 Å². The molecule has 4 fully saturated rings. The van der Waals surface area contributed by atoms with Gasteiger partial charge in [0.2, 0.25) is 11.8 Å². The molecule has 2 aromatic rings. The zero-order chi connectivity index (χ0) is 31.8. The third-order valence-electron chi connectivity index (χ3n) is 10.8. The number of hydrogen-bond donors (Lipinski definition) is 1. The summed E-state index contributed by atoms with van der Waals surface area (Å²) in [7, 11) is 0. The van der Waals surface area contributed by atoms with Gasteiger partial charge in [-0.1, -0.05) is 70.0 Å². The number of hydrogen-bond acceptors (Lipinski definition) is 6. The molecule has 3 saturated heterocycles. The van der Waals surface area contributed by atoms with E-state index in [1.807, 2.05) is 24.3 Å². The molecule has 0 radical (unpaired) electrons. The van der Waals surface area contributed by atoms with Crippen molar-refractivity contribution in [3.63, 3.8) is 0 Å². The van der Waals surface area contributed by atoms with Crippen molar-refractivity contribution in [2.24, 2.45) is 17.8 Å². The molecular weight excluding hydrogens is 681 g/mol. The van der Waals surface area contributed by atoms with E-state index in [1.165, 1.54) is 16.5 Å². The Bertz CT molecular complexity index is 1630. The minimum atomic E-state index is -1.85. The highest BCUT2D eigenvalue weighted by molar-refractivity contribution is 9.09. The molecule has 2 aliphatic carbocycles. The number of aryl methyl sites for hydroxylation is 1. The van der Waals surface area contributed by atoms with Crippen molar-refractivity contribution in [1.82, 2.24) is 14.7 Å². The minimum Gasteiger partial charge on any atom is -0.508 e. The molecule has 11 heteroatoms. The highest BCUT2D eigenvalue weighted by Gasteiger charge is 2.76. The van der Waals surface area contributed by atoms with E-state index in [9.17, 15) is 24.3 Å². The topological polar surface area (TPSA) is 98.2 Å². The van der Waals surface area contributed by atoms with Gasteiger partial charge in [-0.2, -0.15) is 0 Å². The first-order valence-electron chi connectivity index (χ1n) is 15.4. The number of carbonyl (C=O) groups excluding carboxylic acids is 4. The van der Waals surface area contributed by atoms with Gasteiger partial charge in [-0.25, -0.2) is 0 Å². The zero-order valence-corrected chi connectivity index (χ0v) is 27.9. The van der Waals surface area contributed by atoms with Gasteiger partial charge in [0.05, 0.1) is 17.3 Å². The second-order valence-electron chi connectivity index (χ2n) is 13.1. The quantitative estimate of drug-likeness (QED) is 0.201. The third kappa shape index (κ3) is 4.48. The molecule has 8 nitrogen and oxygen atoms in total. The lowest BCUT2D eigenvalue weighted by molar-refractivity contribution is -0.144. The maximum absolute atomic E-state index is 14.3. The van der Waals surface area contributed by atoms with Crippen LogP contribution in [0.2, 0.25) is 0 Å². The first kappa shape index (κ1) is 30.9. The molecule has 6 atom stereocenters. The van der Waals surface area contributed by atoms with E-state index in [0.29, 0.717) is 30.4 Å². The highest BCUT2D eigenvalue weighted by Crippen LogP contribution is 2.65. The van der Waals surface area contributed by atoms with E-state index in [4.69, 9.17) is 23.2 Å². The second-order valence-corrected chi connectivity index (χ2v) is 14.8. The van der Waals surface area contributed by atoms with Crippen LogP contribution in [0.15, 0.2) is 60.2 Å². The van der Waals surface area contributed by atoms with E-state index in [2.05, 4.69) is 33.0 Å². The van der Waals surface area contributed by atoms with Crippen molar-refractivity contribution in [3.05, 3.63) is 76.9 Å². The monoisotopic (exact) mass is 713 g/mol. The summed E-state index contributed by atoms with van der Waals surface area (Å²) in [5.41, 5.74) is 3.12. The van der Waals surface area contributed by atoms with E-state index in [-0.39, 0.29) is 35.5 Å². The molecule has 0 aromatic heterocycles. The number of phenols is 1. The number of alkyl halides is 3. The number of piperidine rings is 1. The Kier molecular flexibility index (Phi) is 7.70. The Morgan fingerprint density at radius 2 is 1.67 bits per heavy atom. The molecule has 45 heavy (non-hydrogen) atoms. The zero-order valence-electron chi connectivity index (χ0n) is 24.8. The number of allylic oxidation sites excluding steroid dienone is 2. The molecule has 3 aliphatic heterocycles.